The zero-order valence-electron chi connectivity index (χ0n) is 16.6. The molecule has 1 atom stereocenters. The average molecular weight is 455 g/mol. The van der Waals surface area contributed by atoms with E-state index in [9.17, 15) is 22.4 Å². The standard InChI is InChI=1S/C19H23FN4O4S2/c1-12-11-29-19(21-12)22-17(25)14-7-9-24(10-8-14)18(26)13(2)23-30(27,28)16-6-4-3-5-15(16)20/h3-6,11,13-14,23H,7-10H2,1-2H3,(H,21,22,25)/t13-/m0/s1. The first-order valence-electron chi connectivity index (χ1n) is 9.46. The van der Waals surface area contributed by atoms with Crippen LogP contribution in [0.1, 0.15) is 25.5 Å². The Labute approximate surface area is 178 Å². The van der Waals surface area contributed by atoms with Crippen LogP contribution in [0.4, 0.5) is 9.52 Å². The minimum Gasteiger partial charge on any atom is -0.341 e. The number of hydrogen-bond donors (Lipinski definition) is 2. The second-order valence-corrected chi connectivity index (χ2v) is 9.70. The first kappa shape index (κ1) is 22.3. The molecule has 1 fully saturated rings. The molecule has 2 N–H and O–H groups in total. The molecule has 2 heterocycles. The first-order valence-corrected chi connectivity index (χ1v) is 11.8. The molecule has 11 heteroatoms. The minimum absolute atomic E-state index is 0.134. The smallest absolute Gasteiger partial charge is 0.244 e. The van der Waals surface area contributed by atoms with Gasteiger partial charge in [0, 0.05) is 24.4 Å². The second kappa shape index (κ2) is 9.19. The summed E-state index contributed by atoms with van der Waals surface area (Å²) in [5.41, 5.74) is 0.836. The summed E-state index contributed by atoms with van der Waals surface area (Å²) in [5, 5.41) is 5.19. The molecule has 0 spiro atoms. The number of piperidine rings is 1. The number of aromatic nitrogens is 1. The van der Waals surface area contributed by atoms with Crippen molar-refractivity contribution in [2.45, 2.75) is 37.6 Å². The molecule has 0 bridgehead atoms. The van der Waals surface area contributed by atoms with E-state index in [-0.39, 0.29) is 11.8 Å². The van der Waals surface area contributed by atoms with Gasteiger partial charge in [-0.05, 0) is 38.8 Å². The quantitative estimate of drug-likeness (QED) is 0.695. The number of amides is 2. The fourth-order valence-corrected chi connectivity index (χ4v) is 5.23. The van der Waals surface area contributed by atoms with Gasteiger partial charge in [0.2, 0.25) is 21.8 Å². The summed E-state index contributed by atoms with van der Waals surface area (Å²) < 4.78 is 40.8. The lowest BCUT2D eigenvalue weighted by atomic mass is 9.95. The highest BCUT2D eigenvalue weighted by molar-refractivity contribution is 7.89. The summed E-state index contributed by atoms with van der Waals surface area (Å²) in [6.07, 6.45) is 0.934. The molecule has 1 aliphatic heterocycles. The number of aryl methyl sites for hydroxylation is 1. The molecule has 0 radical (unpaired) electrons. The highest BCUT2D eigenvalue weighted by Crippen LogP contribution is 2.22. The Morgan fingerprint density at radius 1 is 1.27 bits per heavy atom. The maximum absolute atomic E-state index is 13.8. The van der Waals surface area contributed by atoms with Crippen molar-refractivity contribution in [2.24, 2.45) is 5.92 Å². The van der Waals surface area contributed by atoms with Gasteiger partial charge in [-0.1, -0.05) is 12.1 Å². The molecule has 1 aromatic carbocycles. The Morgan fingerprint density at radius 2 is 1.93 bits per heavy atom. The van der Waals surface area contributed by atoms with Gasteiger partial charge in [-0.2, -0.15) is 4.72 Å². The number of hydrogen-bond acceptors (Lipinski definition) is 6. The van der Waals surface area contributed by atoms with Crippen molar-refractivity contribution in [1.29, 1.82) is 0 Å². The maximum atomic E-state index is 13.8. The fourth-order valence-electron chi connectivity index (χ4n) is 3.26. The van der Waals surface area contributed by atoms with Crippen LogP contribution in [-0.4, -0.2) is 49.2 Å². The Hall–Kier alpha value is -2.37. The van der Waals surface area contributed by atoms with Crippen molar-refractivity contribution < 1.29 is 22.4 Å². The van der Waals surface area contributed by atoms with E-state index in [4.69, 9.17) is 0 Å². The Bertz CT molecular complexity index is 1030. The van der Waals surface area contributed by atoms with Gasteiger partial charge < -0.3 is 10.2 Å². The van der Waals surface area contributed by atoms with Gasteiger partial charge in [0.25, 0.3) is 0 Å². The normalized spacial score (nSPS) is 16.3. The van der Waals surface area contributed by atoms with Gasteiger partial charge in [0.15, 0.2) is 5.13 Å². The van der Waals surface area contributed by atoms with Gasteiger partial charge in [-0.15, -0.1) is 11.3 Å². The second-order valence-electron chi connectivity index (χ2n) is 7.16. The summed E-state index contributed by atoms with van der Waals surface area (Å²) in [4.78, 5) is 30.3. The summed E-state index contributed by atoms with van der Waals surface area (Å²) in [6.45, 7) is 3.93. The lowest BCUT2D eigenvalue weighted by Gasteiger charge is -2.33. The molecule has 0 aliphatic carbocycles. The number of carbonyl (C=O) groups excluding carboxylic acids is 2. The zero-order valence-corrected chi connectivity index (χ0v) is 18.2. The molecule has 30 heavy (non-hydrogen) atoms. The molecule has 2 amide bonds. The van der Waals surface area contributed by atoms with Gasteiger partial charge in [0.05, 0.1) is 11.7 Å². The van der Waals surface area contributed by atoms with Crippen LogP contribution in [0.3, 0.4) is 0 Å². The number of halogens is 1. The van der Waals surface area contributed by atoms with Crippen molar-refractivity contribution in [3.8, 4) is 0 Å². The molecule has 0 saturated carbocycles. The number of likely N-dealkylation sites (tertiary alicyclic amines) is 1. The fraction of sp³-hybridized carbons (Fsp3) is 0.421. The van der Waals surface area contributed by atoms with E-state index in [0.29, 0.717) is 31.1 Å². The molecule has 0 unspecified atom stereocenters. The number of nitrogens with one attached hydrogen (secondary N) is 2. The third-order valence-electron chi connectivity index (χ3n) is 4.86. The molecule has 2 aromatic rings. The summed E-state index contributed by atoms with van der Waals surface area (Å²) >= 11 is 1.36. The van der Waals surface area contributed by atoms with Gasteiger partial charge in [-0.25, -0.2) is 17.8 Å². The molecule has 162 valence electrons. The summed E-state index contributed by atoms with van der Waals surface area (Å²) in [6, 6.07) is 3.93. The van der Waals surface area contributed by atoms with Crippen LogP contribution in [0.5, 0.6) is 0 Å². The van der Waals surface area contributed by atoms with Crippen LogP contribution in [-0.2, 0) is 19.6 Å². The van der Waals surface area contributed by atoms with Crippen LogP contribution in [0.15, 0.2) is 34.5 Å². The minimum atomic E-state index is -4.17. The molecule has 1 aliphatic rings. The molecule has 3 rings (SSSR count). The molecular weight excluding hydrogens is 431 g/mol. The SMILES string of the molecule is Cc1csc(NC(=O)C2CCN(C(=O)[C@H](C)NS(=O)(=O)c3ccccc3F)CC2)n1. The number of nitrogens with zero attached hydrogens (tertiary/aromatic N) is 2. The van der Waals surface area contributed by atoms with Crippen molar-refractivity contribution in [3.63, 3.8) is 0 Å². The van der Waals surface area contributed by atoms with Gasteiger partial charge >= 0.3 is 0 Å². The first-order chi connectivity index (χ1) is 14.2. The van der Waals surface area contributed by atoms with Crippen molar-refractivity contribution >= 4 is 38.3 Å². The van der Waals surface area contributed by atoms with Crippen LogP contribution in [0.2, 0.25) is 0 Å². The van der Waals surface area contributed by atoms with E-state index in [1.165, 1.54) is 35.3 Å². The highest BCUT2D eigenvalue weighted by atomic mass is 32.2. The van der Waals surface area contributed by atoms with Crippen molar-refractivity contribution in [1.82, 2.24) is 14.6 Å². The number of rotatable bonds is 6. The van der Waals surface area contributed by atoms with E-state index in [1.54, 1.807) is 0 Å². The van der Waals surface area contributed by atoms with Crippen molar-refractivity contribution in [2.75, 3.05) is 18.4 Å². The maximum Gasteiger partial charge on any atom is 0.244 e. The Kier molecular flexibility index (Phi) is 6.84. The summed E-state index contributed by atoms with van der Waals surface area (Å²) in [7, 11) is -4.17. The molecule has 8 nitrogen and oxygen atoms in total. The average Bonchev–Trinajstić information content (AvgIpc) is 3.12. The Balaban J connectivity index is 1.54. The van der Waals surface area contributed by atoms with Crippen LogP contribution >= 0.6 is 11.3 Å². The lowest BCUT2D eigenvalue weighted by molar-refractivity contribution is -0.135. The number of benzene rings is 1. The molecule has 1 saturated heterocycles. The van der Waals surface area contributed by atoms with Gasteiger partial charge in [-0.3, -0.25) is 9.59 Å². The number of thiazole rings is 1. The van der Waals surface area contributed by atoms with E-state index >= 15 is 0 Å². The van der Waals surface area contributed by atoms with Crippen LogP contribution in [0, 0.1) is 18.7 Å². The molecular formula is C19H23FN4O4S2. The van der Waals surface area contributed by atoms with Crippen LogP contribution in [0.25, 0.3) is 0 Å². The zero-order chi connectivity index (χ0) is 21.9. The van der Waals surface area contributed by atoms with Gasteiger partial charge in [0.1, 0.15) is 10.7 Å². The third kappa shape index (κ3) is 5.21. The largest absolute Gasteiger partial charge is 0.341 e. The van der Waals surface area contributed by atoms with E-state index in [2.05, 4.69) is 15.0 Å². The Morgan fingerprint density at radius 3 is 2.53 bits per heavy atom. The highest BCUT2D eigenvalue weighted by Gasteiger charge is 2.32. The summed E-state index contributed by atoms with van der Waals surface area (Å²) in [5.74, 6) is -1.68. The number of carbonyl (C=O) groups is 2. The van der Waals surface area contributed by atoms with Crippen molar-refractivity contribution in [3.05, 3.63) is 41.2 Å². The number of sulfonamides is 1. The number of anilines is 1. The van der Waals surface area contributed by atoms with E-state index in [1.807, 2.05) is 12.3 Å². The third-order valence-corrected chi connectivity index (χ3v) is 7.30. The predicted molar refractivity (Wildman–Crippen MR) is 111 cm³/mol. The van der Waals surface area contributed by atoms with E-state index in [0.717, 1.165) is 17.8 Å². The van der Waals surface area contributed by atoms with E-state index < -0.39 is 32.7 Å². The lowest BCUT2D eigenvalue weighted by Crippen LogP contribution is -2.50. The molecule has 1 aromatic heterocycles. The topological polar surface area (TPSA) is 108 Å². The predicted octanol–water partition coefficient (Wildman–Crippen LogP) is 2.13. The van der Waals surface area contributed by atoms with Crippen LogP contribution < -0.4 is 10.0 Å². The monoisotopic (exact) mass is 454 g/mol.